The third kappa shape index (κ3) is 3.76. The molecule has 0 radical (unpaired) electrons. The fourth-order valence-electron chi connectivity index (χ4n) is 5.48. The van der Waals surface area contributed by atoms with E-state index in [1.807, 2.05) is 53.4 Å². The number of hydrogen-bond donors (Lipinski definition) is 1. The molecule has 5 nitrogen and oxygen atoms in total. The molecule has 2 aromatic carbocycles. The van der Waals surface area contributed by atoms with E-state index >= 15 is 0 Å². The van der Waals surface area contributed by atoms with Crippen LogP contribution in [0, 0.1) is 5.92 Å². The first-order valence-electron chi connectivity index (χ1n) is 11.6. The standard InChI is InChI=1S/C26H30N2O3/c29-24(19-6-4-5-7-19)28-15-12-20-18-22(10-11-23(20)28)27-25(30)26(13-16-31-17-14-26)21-8-2-1-3-9-21/h1-3,8-11,18-19H,4-7,12-17H2,(H,27,30). The number of fused-ring (bicyclic) bond motifs is 1. The number of nitrogens with one attached hydrogen (secondary N) is 1. The quantitative estimate of drug-likeness (QED) is 0.798. The second-order valence-corrected chi connectivity index (χ2v) is 9.08. The van der Waals surface area contributed by atoms with Gasteiger partial charge in [-0.2, -0.15) is 0 Å². The molecule has 3 aliphatic rings. The summed E-state index contributed by atoms with van der Waals surface area (Å²) in [5, 5.41) is 3.18. The number of hydrogen-bond acceptors (Lipinski definition) is 3. The molecule has 2 aliphatic heterocycles. The van der Waals surface area contributed by atoms with E-state index in [1.165, 1.54) is 0 Å². The highest BCUT2D eigenvalue weighted by Crippen LogP contribution is 2.38. The lowest BCUT2D eigenvalue weighted by molar-refractivity contribution is -0.125. The zero-order valence-corrected chi connectivity index (χ0v) is 17.9. The van der Waals surface area contributed by atoms with E-state index in [-0.39, 0.29) is 17.7 Å². The maximum Gasteiger partial charge on any atom is 0.235 e. The lowest BCUT2D eigenvalue weighted by Crippen LogP contribution is -2.44. The summed E-state index contributed by atoms with van der Waals surface area (Å²) in [6, 6.07) is 16.0. The van der Waals surface area contributed by atoms with Crippen LogP contribution < -0.4 is 10.2 Å². The molecule has 1 N–H and O–H groups in total. The number of carbonyl (C=O) groups excluding carboxylic acids is 2. The Hall–Kier alpha value is -2.66. The molecular weight excluding hydrogens is 388 g/mol. The van der Waals surface area contributed by atoms with E-state index in [4.69, 9.17) is 4.74 Å². The maximum atomic E-state index is 13.5. The van der Waals surface area contributed by atoms with Crippen LogP contribution in [0.15, 0.2) is 48.5 Å². The van der Waals surface area contributed by atoms with Crippen LogP contribution in [0.2, 0.25) is 0 Å². The third-order valence-electron chi connectivity index (χ3n) is 7.31. The Kier molecular flexibility index (Phi) is 5.53. The normalized spacial score (nSPS) is 20.5. The second kappa shape index (κ2) is 8.46. The molecule has 0 atom stereocenters. The molecule has 1 aliphatic carbocycles. The molecule has 2 heterocycles. The van der Waals surface area contributed by atoms with Crippen LogP contribution in [-0.4, -0.2) is 31.6 Å². The Morgan fingerprint density at radius 1 is 1.00 bits per heavy atom. The van der Waals surface area contributed by atoms with Crippen molar-refractivity contribution in [1.82, 2.24) is 0 Å². The van der Waals surface area contributed by atoms with E-state index in [1.54, 1.807) is 0 Å². The molecule has 2 fully saturated rings. The van der Waals surface area contributed by atoms with Crippen molar-refractivity contribution in [2.24, 2.45) is 5.92 Å². The van der Waals surface area contributed by atoms with Crippen molar-refractivity contribution >= 4 is 23.2 Å². The van der Waals surface area contributed by atoms with Crippen molar-refractivity contribution < 1.29 is 14.3 Å². The van der Waals surface area contributed by atoms with Gasteiger partial charge in [0.2, 0.25) is 11.8 Å². The molecule has 1 saturated heterocycles. The fourth-order valence-corrected chi connectivity index (χ4v) is 5.48. The average Bonchev–Trinajstić information content (AvgIpc) is 3.50. The highest BCUT2D eigenvalue weighted by atomic mass is 16.5. The molecule has 5 rings (SSSR count). The van der Waals surface area contributed by atoms with Crippen molar-refractivity contribution in [3.8, 4) is 0 Å². The fraction of sp³-hybridized carbons (Fsp3) is 0.462. The van der Waals surface area contributed by atoms with E-state index in [2.05, 4.69) is 5.32 Å². The lowest BCUT2D eigenvalue weighted by Gasteiger charge is -2.36. The SMILES string of the molecule is O=C(C1CCCC1)N1CCc2cc(NC(=O)C3(c4ccccc4)CCOCC3)ccc21. The molecule has 0 bridgehead atoms. The molecule has 5 heteroatoms. The van der Waals surface area contributed by atoms with Gasteiger partial charge in [0.15, 0.2) is 0 Å². The highest BCUT2D eigenvalue weighted by molar-refractivity contribution is 6.01. The topological polar surface area (TPSA) is 58.6 Å². The van der Waals surface area contributed by atoms with Crippen LogP contribution in [0.5, 0.6) is 0 Å². The van der Waals surface area contributed by atoms with E-state index in [9.17, 15) is 9.59 Å². The summed E-state index contributed by atoms with van der Waals surface area (Å²) >= 11 is 0. The maximum absolute atomic E-state index is 13.5. The zero-order valence-electron chi connectivity index (χ0n) is 17.9. The van der Waals surface area contributed by atoms with Gasteiger partial charge in [0.05, 0.1) is 5.41 Å². The zero-order chi connectivity index (χ0) is 21.3. The predicted octanol–water partition coefficient (Wildman–Crippen LogP) is 4.45. The van der Waals surface area contributed by atoms with Crippen molar-refractivity contribution in [2.45, 2.75) is 50.4 Å². The Labute approximate surface area is 183 Å². The van der Waals surface area contributed by atoms with Crippen LogP contribution in [-0.2, 0) is 26.2 Å². The van der Waals surface area contributed by atoms with Gasteiger partial charge < -0.3 is 15.0 Å². The van der Waals surface area contributed by atoms with Gasteiger partial charge in [-0.1, -0.05) is 43.2 Å². The number of nitrogens with zero attached hydrogens (tertiary/aromatic N) is 1. The number of anilines is 2. The van der Waals surface area contributed by atoms with Crippen molar-refractivity contribution in [1.29, 1.82) is 0 Å². The molecule has 2 amide bonds. The summed E-state index contributed by atoms with van der Waals surface area (Å²) < 4.78 is 5.57. The van der Waals surface area contributed by atoms with Gasteiger partial charge >= 0.3 is 0 Å². The molecule has 0 spiro atoms. The first-order valence-corrected chi connectivity index (χ1v) is 11.6. The third-order valence-corrected chi connectivity index (χ3v) is 7.31. The summed E-state index contributed by atoms with van der Waals surface area (Å²) in [7, 11) is 0. The molecule has 162 valence electrons. The minimum Gasteiger partial charge on any atom is -0.381 e. The number of amides is 2. The second-order valence-electron chi connectivity index (χ2n) is 9.08. The van der Waals surface area contributed by atoms with Gasteiger partial charge in [0, 0.05) is 37.1 Å². The van der Waals surface area contributed by atoms with Gasteiger partial charge in [-0.05, 0) is 61.4 Å². The number of carbonyl (C=O) groups is 2. The van der Waals surface area contributed by atoms with E-state index in [0.29, 0.717) is 26.1 Å². The highest BCUT2D eigenvalue weighted by Gasteiger charge is 2.42. The molecule has 0 unspecified atom stereocenters. The van der Waals surface area contributed by atoms with Crippen LogP contribution in [0.1, 0.15) is 49.7 Å². The summed E-state index contributed by atoms with van der Waals surface area (Å²) in [4.78, 5) is 28.4. The molecule has 0 aromatic heterocycles. The monoisotopic (exact) mass is 418 g/mol. The minimum atomic E-state index is -0.566. The summed E-state index contributed by atoms with van der Waals surface area (Å²) in [5.41, 5.74) is 3.44. The van der Waals surface area contributed by atoms with Gasteiger partial charge in [0.25, 0.3) is 0 Å². The molecule has 31 heavy (non-hydrogen) atoms. The Morgan fingerprint density at radius 2 is 1.74 bits per heavy atom. The van der Waals surface area contributed by atoms with Crippen molar-refractivity contribution in [2.75, 3.05) is 30.0 Å². The average molecular weight is 419 g/mol. The van der Waals surface area contributed by atoms with Crippen LogP contribution in [0.4, 0.5) is 11.4 Å². The molecular formula is C26H30N2O3. The van der Waals surface area contributed by atoms with Crippen LogP contribution >= 0.6 is 0 Å². The van der Waals surface area contributed by atoms with Crippen molar-refractivity contribution in [3.63, 3.8) is 0 Å². The first-order chi connectivity index (χ1) is 15.2. The van der Waals surface area contributed by atoms with E-state index < -0.39 is 5.41 Å². The Bertz CT molecular complexity index is 960. The lowest BCUT2D eigenvalue weighted by atomic mass is 9.73. The smallest absolute Gasteiger partial charge is 0.235 e. The molecule has 1 saturated carbocycles. The van der Waals surface area contributed by atoms with Gasteiger partial charge in [-0.15, -0.1) is 0 Å². The van der Waals surface area contributed by atoms with Crippen molar-refractivity contribution in [3.05, 3.63) is 59.7 Å². The Balaban J connectivity index is 1.35. The van der Waals surface area contributed by atoms with E-state index in [0.717, 1.165) is 61.2 Å². The van der Waals surface area contributed by atoms with Crippen LogP contribution in [0.3, 0.4) is 0 Å². The predicted molar refractivity (Wildman–Crippen MR) is 121 cm³/mol. The van der Waals surface area contributed by atoms with Gasteiger partial charge in [0.1, 0.15) is 0 Å². The largest absolute Gasteiger partial charge is 0.381 e. The summed E-state index contributed by atoms with van der Waals surface area (Å²) in [5.74, 6) is 0.488. The number of benzene rings is 2. The number of ether oxygens (including phenoxy) is 1. The number of rotatable bonds is 4. The Morgan fingerprint density at radius 3 is 2.48 bits per heavy atom. The van der Waals surface area contributed by atoms with Gasteiger partial charge in [-0.3, -0.25) is 9.59 Å². The molecule has 2 aromatic rings. The van der Waals surface area contributed by atoms with Crippen LogP contribution in [0.25, 0.3) is 0 Å². The van der Waals surface area contributed by atoms with Gasteiger partial charge in [-0.25, -0.2) is 0 Å². The first kappa shape index (κ1) is 20.3. The summed E-state index contributed by atoms with van der Waals surface area (Å²) in [6.07, 6.45) is 6.56. The summed E-state index contributed by atoms with van der Waals surface area (Å²) in [6.45, 7) is 1.92. The minimum absolute atomic E-state index is 0.0267.